The van der Waals surface area contributed by atoms with Gasteiger partial charge in [0.2, 0.25) is 0 Å². The number of benzene rings is 1. The molecule has 1 aromatic rings. The molecule has 21 heavy (non-hydrogen) atoms. The van der Waals surface area contributed by atoms with Gasteiger partial charge in [-0.2, -0.15) is 0 Å². The van der Waals surface area contributed by atoms with Crippen molar-refractivity contribution in [2.45, 2.75) is 45.3 Å². The van der Waals surface area contributed by atoms with Gasteiger partial charge in [-0.25, -0.2) is 0 Å². The van der Waals surface area contributed by atoms with Crippen LogP contribution < -0.4 is 14.8 Å². The maximum absolute atomic E-state index is 5.40. The van der Waals surface area contributed by atoms with Crippen molar-refractivity contribution >= 4 is 0 Å². The highest BCUT2D eigenvalue weighted by Gasteiger charge is 2.31. The highest BCUT2D eigenvalue weighted by molar-refractivity contribution is 5.42. The van der Waals surface area contributed by atoms with E-state index in [0.717, 1.165) is 37.6 Å². The summed E-state index contributed by atoms with van der Waals surface area (Å²) in [6.45, 7) is 9.84. The second-order valence-corrected chi connectivity index (χ2v) is 6.42. The number of nitrogens with one attached hydrogen (secondary N) is 1. The van der Waals surface area contributed by atoms with E-state index in [1.165, 1.54) is 5.56 Å². The largest absolute Gasteiger partial charge is 0.493 e. The van der Waals surface area contributed by atoms with Gasteiger partial charge < -0.3 is 14.8 Å². The number of methoxy groups -OCH3 is 2. The lowest BCUT2D eigenvalue weighted by molar-refractivity contribution is 0.0858. The first-order chi connectivity index (χ1) is 9.99. The minimum atomic E-state index is 0.169. The molecule has 0 bridgehead atoms. The van der Waals surface area contributed by atoms with E-state index in [9.17, 15) is 0 Å². The fourth-order valence-corrected chi connectivity index (χ4v) is 3.02. The zero-order chi connectivity index (χ0) is 15.5. The van der Waals surface area contributed by atoms with Crippen molar-refractivity contribution in [3.8, 4) is 11.5 Å². The Bertz CT molecular complexity index is 474. The smallest absolute Gasteiger partial charge is 0.161 e. The molecule has 4 heteroatoms. The Morgan fingerprint density at radius 3 is 2.57 bits per heavy atom. The molecule has 1 heterocycles. The average Bonchev–Trinajstić information content (AvgIpc) is 2.46. The van der Waals surface area contributed by atoms with Gasteiger partial charge in [0.15, 0.2) is 11.5 Å². The molecular formula is C17H28N2O2. The lowest BCUT2D eigenvalue weighted by atomic mass is 9.97. The Hall–Kier alpha value is -1.26. The molecule has 118 valence electrons. The van der Waals surface area contributed by atoms with Gasteiger partial charge >= 0.3 is 0 Å². The summed E-state index contributed by atoms with van der Waals surface area (Å²) in [6.07, 6.45) is 1.16. The summed E-state index contributed by atoms with van der Waals surface area (Å²) in [5.41, 5.74) is 1.44. The predicted octanol–water partition coefficient (Wildman–Crippen LogP) is 2.67. The van der Waals surface area contributed by atoms with E-state index in [1.807, 2.05) is 6.07 Å². The first-order valence-electron chi connectivity index (χ1n) is 7.69. The number of piperazine rings is 1. The first-order valence-corrected chi connectivity index (χ1v) is 7.69. The van der Waals surface area contributed by atoms with E-state index in [0.29, 0.717) is 6.04 Å². The number of nitrogens with zero attached hydrogens (tertiary/aromatic N) is 1. The van der Waals surface area contributed by atoms with Crippen LogP contribution in [-0.4, -0.2) is 43.8 Å². The van der Waals surface area contributed by atoms with Gasteiger partial charge in [-0.15, -0.1) is 0 Å². The van der Waals surface area contributed by atoms with E-state index < -0.39 is 0 Å². The SMILES string of the molecule is CCC1CNC(C)(C)CN1Cc1ccc(OC)c(OC)c1. The number of rotatable bonds is 5. The predicted molar refractivity (Wildman–Crippen MR) is 86.1 cm³/mol. The zero-order valence-electron chi connectivity index (χ0n) is 13.9. The molecule has 0 aromatic heterocycles. The topological polar surface area (TPSA) is 33.7 Å². The molecule has 1 aliphatic heterocycles. The minimum absolute atomic E-state index is 0.169. The molecule has 0 radical (unpaired) electrons. The van der Waals surface area contributed by atoms with E-state index in [4.69, 9.17) is 9.47 Å². The van der Waals surface area contributed by atoms with Crippen molar-refractivity contribution in [2.24, 2.45) is 0 Å². The second kappa shape index (κ2) is 6.67. The molecule has 0 aliphatic carbocycles. The van der Waals surface area contributed by atoms with Crippen LogP contribution in [0, 0.1) is 0 Å². The lowest BCUT2D eigenvalue weighted by Gasteiger charge is -2.44. The molecule has 0 amide bonds. The summed E-state index contributed by atoms with van der Waals surface area (Å²) in [5.74, 6) is 1.59. The quantitative estimate of drug-likeness (QED) is 0.904. The van der Waals surface area contributed by atoms with Crippen molar-refractivity contribution in [1.82, 2.24) is 10.2 Å². The molecule has 1 atom stereocenters. The zero-order valence-corrected chi connectivity index (χ0v) is 13.9. The normalized spacial score (nSPS) is 22.0. The molecule has 0 spiro atoms. The third-order valence-corrected chi connectivity index (χ3v) is 4.24. The molecule has 4 nitrogen and oxygen atoms in total. The van der Waals surface area contributed by atoms with Gasteiger partial charge in [0.05, 0.1) is 14.2 Å². The molecule has 1 aliphatic rings. The maximum Gasteiger partial charge on any atom is 0.161 e. The van der Waals surface area contributed by atoms with Gasteiger partial charge in [-0.3, -0.25) is 4.90 Å². The van der Waals surface area contributed by atoms with Crippen LogP contribution >= 0.6 is 0 Å². The Kier molecular flexibility index (Phi) is 5.12. The van der Waals surface area contributed by atoms with Crippen LogP contribution in [0.2, 0.25) is 0 Å². The summed E-state index contributed by atoms with van der Waals surface area (Å²) in [5, 5.41) is 3.63. The minimum Gasteiger partial charge on any atom is -0.493 e. The van der Waals surface area contributed by atoms with Crippen molar-refractivity contribution in [3.63, 3.8) is 0 Å². The molecule has 2 rings (SSSR count). The molecule has 0 saturated carbocycles. The molecule has 1 fully saturated rings. The number of hydrogen-bond donors (Lipinski definition) is 1. The van der Waals surface area contributed by atoms with Crippen LogP contribution in [0.4, 0.5) is 0 Å². The summed E-state index contributed by atoms with van der Waals surface area (Å²) in [6, 6.07) is 6.79. The molecular weight excluding hydrogens is 264 g/mol. The molecule has 1 N–H and O–H groups in total. The van der Waals surface area contributed by atoms with E-state index >= 15 is 0 Å². The van der Waals surface area contributed by atoms with E-state index in [1.54, 1.807) is 14.2 Å². The van der Waals surface area contributed by atoms with E-state index in [2.05, 4.69) is 43.1 Å². The Morgan fingerprint density at radius 1 is 1.24 bits per heavy atom. The molecule has 1 saturated heterocycles. The van der Waals surface area contributed by atoms with E-state index in [-0.39, 0.29) is 5.54 Å². The van der Waals surface area contributed by atoms with Gasteiger partial charge in [0.25, 0.3) is 0 Å². The van der Waals surface area contributed by atoms with Gasteiger partial charge in [-0.1, -0.05) is 13.0 Å². The third kappa shape index (κ3) is 3.89. The summed E-state index contributed by atoms with van der Waals surface area (Å²) in [7, 11) is 3.36. The van der Waals surface area contributed by atoms with Crippen molar-refractivity contribution in [3.05, 3.63) is 23.8 Å². The number of ether oxygens (including phenoxy) is 2. The average molecular weight is 292 g/mol. The monoisotopic (exact) mass is 292 g/mol. The molecule has 1 aromatic carbocycles. The Morgan fingerprint density at radius 2 is 1.95 bits per heavy atom. The summed E-state index contributed by atoms with van der Waals surface area (Å²) < 4.78 is 10.7. The van der Waals surface area contributed by atoms with Crippen LogP contribution in [-0.2, 0) is 6.54 Å². The van der Waals surface area contributed by atoms with Crippen molar-refractivity contribution in [1.29, 1.82) is 0 Å². The summed E-state index contributed by atoms with van der Waals surface area (Å²) in [4.78, 5) is 2.57. The maximum atomic E-state index is 5.40. The third-order valence-electron chi connectivity index (χ3n) is 4.24. The van der Waals surface area contributed by atoms with Crippen LogP contribution in [0.1, 0.15) is 32.8 Å². The fraction of sp³-hybridized carbons (Fsp3) is 0.647. The first kappa shape index (κ1) is 16.1. The second-order valence-electron chi connectivity index (χ2n) is 6.42. The highest BCUT2D eigenvalue weighted by Crippen LogP contribution is 2.29. The highest BCUT2D eigenvalue weighted by atomic mass is 16.5. The van der Waals surface area contributed by atoms with Gasteiger partial charge in [0.1, 0.15) is 0 Å². The lowest BCUT2D eigenvalue weighted by Crippen LogP contribution is -2.60. The molecule has 1 unspecified atom stereocenters. The van der Waals surface area contributed by atoms with Crippen LogP contribution in [0.5, 0.6) is 11.5 Å². The van der Waals surface area contributed by atoms with Crippen LogP contribution in [0.15, 0.2) is 18.2 Å². The summed E-state index contributed by atoms with van der Waals surface area (Å²) >= 11 is 0. The Balaban J connectivity index is 2.15. The fourth-order valence-electron chi connectivity index (χ4n) is 3.02. The van der Waals surface area contributed by atoms with Crippen LogP contribution in [0.25, 0.3) is 0 Å². The number of hydrogen-bond acceptors (Lipinski definition) is 4. The van der Waals surface area contributed by atoms with Crippen molar-refractivity contribution in [2.75, 3.05) is 27.3 Å². The van der Waals surface area contributed by atoms with Gasteiger partial charge in [0, 0.05) is 31.2 Å². The van der Waals surface area contributed by atoms with Crippen molar-refractivity contribution < 1.29 is 9.47 Å². The standard InChI is InChI=1S/C17H28N2O2/c1-6-14-10-18-17(2,3)12-19(14)11-13-7-8-15(20-4)16(9-13)21-5/h7-9,14,18H,6,10-12H2,1-5H3. The van der Waals surface area contributed by atoms with Gasteiger partial charge in [-0.05, 0) is 38.0 Å². The Labute approximate surface area is 128 Å². The van der Waals surface area contributed by atoms with Crippen LogP contribution in [0.3, 0.4) is 0 Å².